The third-order valence-corrected chi connectivity index (χ3v) is 3.97. The molecule has 1 heterocycles. The lowest BCUT2D eigenvalue weighted by Gasteiger charge is -2.30. The number of ether oxygens (including phenoxy) is 1. The maximum absolute atomic E-state index is 6.21. The van der Waals surface area contributed by atoms with Gasteiger partial charge in [0.15, 0.2) is 0 Å². The standard InChI is InChI=1S/C16H26N2O/c1-3-15(17)14-8-4-5-9-16(14)18(2)11-13-7-6-10-19-12-13/h4-5,8-9,13,15H,3,6-7,10-12,17H2,1-2H3/t13?,15-/m1/s1. The molecule has 0 saturated carbocycles. The maximum atomic E-state index is 6.21. The van der Waals surface area contributed by atoms with E-state index in [2.05, 4.69) is 43.1 Å². The zero-order valence-electron chi connectivity index (χ0n) is 12.1. The number of nitrogens with zero attached hydrogens (tertiary/aromatic N) is 1. The second-order valence-electron chi connectivity index (χ2n) is 5.54. The first-order valence-electron chi connectivity index (χ1n) is 7.35. The van der Waals surface area contributed by atoms with Crippen LogP contribution in [0.1, 0.15) is 37.8 Å². The molecule has 0 spiro atoms. The van der Waals surface area contributed by atoms with Crippen LogP contribution >= 0.6 is 0 Å². The molecule has 0 radical (unpaired) electrons. The molecule has 2 atom stereocenters. The van der Waals surface area contributed by atoms with Crippen molar-refractivity contribution in [2.24, 2.45) is 11.7 Å². The molecule has 19 heavy (non-hydrogen) atoms. The molecule has 1 saturated heterocycles. The summed E-state index contributed by atoms with van der Waals surface area (Å²) < 4.78 is 5.57. The zero-order valence-corrected chi connectivity index (χ0v) is 12.1. The van der Waals surface area contributed by atoms with E-state index in [9.17, 15) is 0 Å². The average Bonchev–Trinajstić information content (AvgIpc) is 2.47. The van der Waals surface area contributed by atoms with Crippen LogP contribution in [0.25, 0.3) is 0 Å². The number of anilines is 1. The lowest BCUT2D eigenvalue weighted by atomic mass is 9.99. The minimum atomic E-state index is 0.126. The second kappa shape index (κ2) is 6.92. The van der Waals surface area contributed by atoms with Crippen molar-refractivity contribution in [2.45, 2.75) is 32.2 Å². The van der Waals surface area contributed by atoms with Crippen LogP contribution in [-0.2, 0) is 4.74 Å². The molecule has 3 heteroatoms. The van der Waals surface area contributed by atoms with Crippen LogP contribution in [0.2, 0.25) is 0 Å². The van der Waals surface area contributed by atoms with Crippen molar-refractivity contribution >= 4 is 5.69 Å². The summed E-state index contributed by atoms with van der Waals surface area (Å²) >= 11 is 0. The number of rotatable bonds is 5. The highest BCUT2D eigenvalue weighted by molar-refractivity contribution is 5.54. The van der Waals surface area contributed by atoms with Gasteiger partial charge in [0.05, 0.1) is 6.61 Å². The SMILES string of the molecule is CC[C@@H](N)c1ccccc1N(C)CC1CCCOC1. The predicted molar refractivity (Wildman–Crippen MR) is 80.5 cm³/mol. The van der Waals surface area contributed by atoms with E-state index in [0.717, 1.165) is 26.2 Å². The molecule has 0 amide bonds. The minimum Gasteiger partial charge on any atom is -0.381 e. The topological polar surface area (TPSA) is 38.5 Å². The monoisotopic (exact) mass is 262 g/mol. The molecule has 2 N–H and O–H groups in total. The van der Waals surface area contributed by atoms with Crippen LogP contribution in [0.3, 0.4) is 0 Å². The van der Waals surface area contributed by atoms with Crippen molar-refractivity contribution in [2.75, 3.05) is 31.7 Å². The van der Waals surface area contributed by atoms with Crippen molar-refractivity contribution in [1.29, 1.82) is 0 Å². The third kappa shape index (κ3) is 3.71. The Morgan fingerprint density at radius 3 is 2.89 bits per heavy atom. The van der Waals surface area contributed by atoms with Crippen LogP contribution in [0, 0.1) is 5.92 Å². The van der Waals surface area contributed by atoms with E-state index in [1.165, 1.54) is 24.1 Å². The van der Waals surface area contributed by atoms with Crippen LogP contribution in [0.5, 0.6) is 0 Å². The van der Waals surface area contributed by atoms with Crippen molar-refractivity contribution in [3.05, 3.63) is 29.8 Å². The molecule has 2 rings (SSSR count). The molecule has 1 aliphatic heterocycles. The van der Waals surface area contributed by atoms with E-state index in [0.29, 0.717) is 5.92 Å². The van der Waals surface area contributed by atoms with Crippen molar-refractivity contribution in [3.63, 3.8) is 0 Å². The molecule has 1 unspecified atom stereocenters. The quantitative estimate of drug-likeness (QED) is 0.886. The Morgan fingerprint density at radius 1 is 1.42 bits per heavy atom. The van der Waals surface area contributed by atoms with Gasteiger partial charge >= 0.3 is 0 Å². The van der Waals surface area contributed by atoms with Crippen molar-refractivity contribution in [3.8, 4) is 0 Å². The van der Waals surface area contributed by atoms with Gasteiger partial charge in [0.2, 0.25) is 0 Å². The summed E-state index contributed by atoms with van der Waals surface area (Å²) in [5.74, 6) is 0.643. The van der Waals surface area contributed by atoms with Gasteiger partial charge in [-0.1, -0.05) is 25.1 Å². The Morgan fingerprint density at radius 2 is 2.21 bits per heavy atom. The first-order valence-corrected chi connectivity index (χ1v) is 7.35. The fraction of sp³-hybridized carbons (Fsp3) is 0.625. The molecule has 106 valence electrons. The van der Waals surface area contributed by atoms with E-state index < -0.39 is 0 Å². The summed E-state index contributed by atoms with van der Waals surface area (Å²) in [6, 6.07) is 8.62. The summed E-state index contributed by atoms with van der Waals surface area (Å²) in [6.45, 7) is 5.01. The fourth-order valence-corrected chi connectivity index (χ4v) is 2.81. The first kappa shape index (κ1) is 14.4. The van der Waals surface area contributed by atoms with Crippen molar-refractivity contribution < 1.29 is 4.74 Å². The van der Waals surface area contributed by atoms with Gasteiger partial charge in [-0.2, -0.15) is 0 Å². The number of benzene rings is 1. The van der Waals surface area contributed by atoms with Crippen LogP contribution in [0.4, 0.5) is 5.69 Å². The summed E-state index contributed by atoms with van der Waals surface area (Å²) in [5.41, 5.74) is 8.73. The Balaban J connectivity index is 2.07. The molecule has 1 aromatic rings. The average molecular weight is 262 g/mol. The zero-order chi connectivity index (χ0) is 13.7. The summed E-state index contributed by atoms with van der Waals surface area (Å²) in [4.78, 5) is 2.34. The van der Waals surface area contributed by atoms with Crippen molar-refractivity contribution in [1.82, 2.24) is 0 Å². The number of hydrogen-bond acceptors (Lipinski definition) is 3. The van der Waals surface area contributed by atoms with Gasteiger partial charge < -0.3 is 15.4 Å². The van der Waals surface area contributed by atoms with E-state index in [1.807, 2.05) is 0 Å². The molecule has 1 aromatic carbocycles. The maximum Gasteiger partial charge on any atom is 0.0511 e. The van der Waals surface area contributed by atoms with Gasteiger partial charge in [-0.05, 0) is 36.8 Å². The summed E-state index contributed by atoms with van der Waals surface area (Å²) in [6.07, 6.45) is 3.43. The Kier molecular flexibility index (Phi) is 5.23. The molecular formula is C16H26N2O. The molecule has 1 aliphatic rings. The van der Waals surface area contributed by atoms with Gasteiger partial charge in [0.25, 0.3) is 0 Å². The lowest BCUT2D eigenvalue weighted by molar-refractivity contribution is 0.0576. The fourth-order valence-electron chi connectivity index (χ4n) is 2.81. The molecule has 0 bridgehead atoms. The Hall–Kier alpha value is -1.06. The molecule has 0 aromatic heterocycles. The number of para-hydroxylation sites is 1. The second-order valence-corrected chi connectivity index (χ2v) is 5.54. The normalized spacial score (nSPS) is 21.1. The van der Waals surface area contributed by atoms with E-state index in [1.54, 1.807) is 0 Å². The van der Waals surface area contributed by atoms with Gasteiger partial charge in [-0.3, -0.25) is 0 Å². The van der Waals surface area contributed by atoms with Gasteiger partial charge in [0.1, 0.15) is 0 Å². The van der Waals surface area contributed by atoms with E-state index in [-0.39, 0.29) is 6.04 Å². The largest absolute Gasteiger partial charge is 0.381 e. The van der Waals surface area contributed by atoms with Gasteiger partial charge in [-0.25, -0.2) is 0 Å². The molecule has 0 aliphatic carbocycles. The predicted octanol–water partition coefficient (Wildman–Crippen LogP) is 2.96. The third-order valence-electron chi connectivity index (χ3n) is 3.97. The highest BCUT2D eigenvalue weighted by atomic mass is 16.5. The highest BCUT2D eigenvalue weighted by Gasteiger charge is 2.18. The number of hydrogen-bond donors (Lipinski definition) is 1. The van der Waals surface area contributed by atoms with Crippen LogP contribution < -0.4 is 10.6 Å². The molecule has 1 fully saturated rings. The van der Waals surface area contributed by atoms with Crippen LogP contribution in [-0.4, -0.2) is 26.8 Å². The van der Waals surface area contributed by atoms with Gasteiger partial charge in [0, 0.05) is 31.9 Å². The van der Waals surface area contributed by atoms with E-state index in [4.69, 9.17) is 10.5 Å². The minimum absolute atomic E-state index is 0.126. The first-order chi connectivity index (χ1) is 9.22. The Bertz CT molecular complexity index is 388. The molecular weight excluding hydrogens is 236 g/mol. The smallest absolute Gasteiger partial charge is 0.0511 e. The Labute approximate surface area is 116 Å². The summed E-state index contributed by atoms with van der Waals surface area (Å²) in [5, 5.41) is 0. The van der Waals surface area contributed by atoms with Gasteiger partial charge in [-0.15, -0.1) is 0 Å². The van der Waals surface area contributed by atoms with E-state index >= 15 is 0 Å². The lowest BCUT2D eigenvalue weighted by Crippen LogP contribution is -2.31. The highest BCUT2D eigenvalue weighted by Crippen LogP contribution is 2.27. The number of nitrogens with two attached hydrogens (primary N) is 1. The summed E-state index contributed by atoms with van der Waals surface area (Å²) in [7, 11) is 2.16. The van der Waals surface area contributed by atoms with Crippen LogP contribution in [0.15, 0.2) is 24.3 Å². The molecule has 3 nitrogen and oxygen atoms in total.